The maximum absolute atomic E-state index is 6.28. The standard InChI is InChI=1S/C36H56N2O2/c1-33(2,3)23-25-11-15-29(16-12-25)40-32-21-28(22-32)38-36(9,10)35(7,8)24-26-13-17-30(18-14-26)39-31-19-27(20-31)37-34(4,5)6/h11-18,27-28,31-32,37-38H,19-24H2,1-10H3/t27-,28-,31-,32+. The van der Waals surface area contributed by atoms with Gasteiger partial charge in [-0.05, 0) is 119 Å². The maximum atomic E-state index is 6.28. The summed E-state index contributed by atoms with van der Waals surface area (Å²) in [6.45, 7) is 23.0. The molecule has 0 saturated heterocycles. The first kappa shape index (κ1) is 30.9. The number of hydrogen-bond acceptors (Lipinski definition) is 4. The molecule has 40 heavy (non-hydrogen) atoms. The van der Waals surface area contributed by atoms with Gasteiger partial charge in [-0.3, -0.25) is 0 Å². The van der Waals surface area contributed by atoms with E-state index < -0.39 is 0 Å². The Balaban J connectivity index is 1.20. The molecule has 0 radical (unpaired) electrons. The fourth-order valence-corrected chi connectivity index (χ4v) is 5.98. The summed E-state index contributed by atoms with van der Waals surface area (Å²) >= 11 is 0. The van der Waals surface area contributed by atoms with Crippen LogP contribution >= 0.6 is 0 Å². The molecule has 0 aliphatic heterocycles. The molecule has 0 spiro atoms. The average molecular weight is 549 g/mol. The van der Waals surface area contributed by atoms with Gasteiger partial charge in [0.1, 0.15) is 23.7 Å². The summed E-state index contributed by atoms with van der Waals surface area (Å²) in [4.78, 5) is 0. The van der Waals surface area contributed by atoms with Crippen molar-refractivity contribution in [1.29, 1.82) is 0 Å². The molecule has 0 bridgehead atoms. The van der Waals surface area contributed by atoms with Gasteiger partial charge in [0.25, 0.3) is 0 Å². The zero-order valence-corrected chi connectivity index (χ0v) is 27.0. The lowest BCUT2D eigenvalue weighted by molar-refractivity contribution is 0.0449. The summed E-state index contributed by atoms with van der Waals surface area (Å²) in [5.74, 6) is 1.98. The SMILES string of the molecule is CC(C)(C)Cc1ccc(O[C@H]2C[C@@H](NC(C)(C)C(C)(C)Cc3ccc(O[C@H]4C[C@H](NC(C)(C)C)C4)cc3)C2)cc1. The van der Waals surface area contributed by atoms with Crippen molar-refractivity contribution in [2.75, 3.05) is 0 Å². The monoisotopic (exact) mass is 548 g/mol. The van der Waals surface area contributed by atoms with E-state index in [4.69, 9.17) is 9.47 Å². The molecule has 4 heteroatoms. The summed E-state index contributed by atoms with van der Waals surface area (Å²) in [6.07, 6.45) is 7.02. The molecular weight excluding hydrogens is 492 g/mol. The Morgan fingerprint density at radius 3 is 1.38 bits per heavy atom. The van der Waals surface area contributed by atoms with Crippen molar-refractivity contribution < 1.29 is 9.47 Å². The molecule has 4 nitrogen and oxygen atoms in total. The third-order valence-corrected chi connectivity index (χ3v) is 8.92. The molecule has 0 amide bonds. The number of benzene rings is 2. The smallest absolute Gasteiger partial charge is 0.119 e. The topological polar surface area (TPSA) is 42.5 Å². The van der Waals surface area contributed by atoms with Crippen LogP contribution in [0.1, 0.15) is 106 Å². The Morgan fingerprint density at radius 2 is 0.975 bits per heavy atom. The van der Waals surface area contributed by atoms with E-state index in [1.165, 1.54) is 11.1 Å². The number of rotatable bonds is 11. The van der Waals surface area contributed by atoms with Crippen LogP contribution in [0.5, 0.6) is 11.5 Å². The summed E-state index contributed by atoms with van der Waals surface area (Å²) < 4.78 is 12.5. The fourth-order valence-electron chi connectivity index (χ4n) is 5.98. The van der Waals surface area contributed by atoms with Gasteiger partial charge in [-0.2, -0.15) is 0 Å². The van der Waals surface area contributed by atoms with Crippen molar-refractivity contribution in [3.63, 3.8) is 0 Å². The summed E-state index contributed by atoms with van der Waals surface area (Å²) in [7, 11) is 0. The molecule has 2 aromatic carbocycles. The highest BCUT2D eigenvalue weighted by molar-refractivity contribution is 5.30. The van der Waals surface area contributed by atoms with Gasteiger partial charge in [0.15, 0.2) is 0 Å². The van der Waals surface area contributed by atoms with E-state index >= 15 is 0 Å². The minimum atomic E-state index is -0.00654. The minimum Gasteiger partial charge on any atom is -0.490 e. The lowest BCUT2D eigenvalue weighted by Crippen LogP contribution is -2.60. The normalized spacial score (nSPS) is 23.8. The number of ether oxygens (including phenoxy) is 2. The van der Waals surface area contributed by atoms with Crippen molar-refractivity contribution >= 4 is 0 Å². The van der Waals surface area contributed by atoms with Gasteiger partial charge in [0.2, 0.25) is 0 Å². The second-order valence-corrected chi connectivity index (χ2v) is 16.1. The summed E-state index contributed by atoms with van der Waals surface area (Å²) in [5, 5.41) is 7.64. The Labute approximate surface area is 245 Å². The Kier molecular flexibility index (Phi) is 9.03. The molecule has 2 aromatic rings. The van der Waals surface area contributed by atoms with Gasteiger partial charge in [0.05, 0.1) is 0 Å². The van der Waals surface area contributed by atoms with Crippen LogP contribution in [-0.4, -0.2) is 35.4 Å². The third kappa shape index (κ3) is 8.73. The molecule has 0 aromatic heterocycles. The molecule has 0 unspecified atom stereocenters. The van der Waals surface area contributed by atoms with Crippen molar-refractivity contribution in [3.05, 3.63) is 59.7 Å². The van der Waals surface area contributed by atoms with Gasteiger partial charge >= 0.3 is 0 Å². The number of hydrogen-bond donors (Lipinski definition) is 2. The van der Waals surface area contributed by atoms with E-state index in [-0.39, 0.29) is 16.5 Å². The van der Waals surface area contributed by atoms with Crippen molar-refractivity contribution in [3.8, 4) is 11.5 Å². The van der Waals surface area contributed by atoms with E-state index in [0.29, 0.717) is 29.7 Å². The molecule has 0 atom stereocenters. The highest BCUT2D eigenvalue weighted by atomic mass is 16.5. The predicted octanol–water partition coefficient (Wildman–Crippen LogP) is 8.12. The van der Waals surface area contributed by atoms with Crippen LogP contribution in [0.25, 0.3) is 0 Å². The first-order valence-corrected chi connectivity index (χ1v) is 15.5. The van der Waals surface area contributed by atoms with E-state index in [0.717, 1.165) is 50.0 Å². The summed E-state index contributed by atoms with van der Waals surface area (Å²) in [5.41, 5.74) is 3.28. The molecule has 2 aliphatic rings. The van der Waals surface area contributed by atoms with Gasteiger partial charge in [-0.15, -0.1) is 0 Å². The van der Waals surface area contributed by atoms with E-state index in [1.54, 1.807) is 0 Å². The highest BCUT2D eigenvalue weighted by Gasteiger charge is 2.42. The second kappa shape index (κ2) is 11.7. The molecule has 4 rings (SSSR count). The molecular formula is C36H56N2O2. The molecule has 2 saturated carbocycles. The highest BCUT2D eigenvalue weighted by Crippen LogP contribution is 2.38. The second-order valence-electron chi connectivity index (χ2n) is 16.1. The largest absolute Gasteiger partial charge is 0.490 e. The van der Waals surface area contributed by atoms with Crippen LogP contribution in [0.4, 0.5) is 0 Å². The van der Waals surface area contributed by atoms with Crippen molar-refractivity contribution in [1.82, 2.24) is 10.6 Å². The van der Waals surface area contributed by atoms with Gasteiger partial charge in [0, 0.05) is 23.2 Å². The summed E-state index contributed by atoms with van der Waals surface area (Å²) in [6, 6.07) is 18.6. The van der Waals surface area contributed by atoms with E-state index in [1.807, 2.05) is 0 Å². The minimum absolute atomic E-state index is 0.00654. The van der Waals surface area contributed by atoms with Crippen LogP contribution in [0.15, 0.2) is 48.5 Å². The maximum Gasteiger partial charge on any atom is 0.119 e. The molecule has 0 heterocycles. The van der Waals surface area contributed by atoms with Gasteiger partial charge < -0.3 is 20.1 Å². The molecule has 2 aliphatic carbocycles. The first-order valence-electron chi connectivity index (χ1n) is 15.5. The van der Waals surface area contributed by atoms with Crippen LogP contribution < -0.4 is 20.1 Å². The first-order chi connectivity index (χ1) is 18.5. The van der Waals surface area contributed by atoms with Crippen molar-refractivity contribution in [2.45, 2.75) is 143 Å². The third-order valence-electron chi connectivity index (χ3n) is 8.92. The lowest BCUT2D eigenvalue weighted by Gasteiger charge is -2.48. The van der Waals surface area contributed by atoms with Gasteiger partial charge in [-0.25, -0.2) is 0 Å². The quantitative estimate of drug-likeness (QED) is 0.298. The number of nitrogens with one attached hydrogen (secondary N) is 2. The van der Waals surface area contributed by atoms with Crippen LogP contribution in [0.3, 0.4) is 0 Å². The Morgan fingerprint density at radius 1 is 0.575 bits per heavy atom. The fraction of sp³-hybridized carbons (Fsp3) is 0.667. The Hall–Kier alpha value is -2.04. The molecule has 222 valence electrons. The van der Waals surface area contributed by atoms with Gasteiger partial charge in [-0.1, -0.05) is 58.9 Å². The lowest BCUT2D eigenvalue weighted by atomic mass is 9.69. The predicted molar refractivity (Wildman–Crippen MR) is 169 cm³/mol. The molecule has 2 fully saturated rings. The molecule has 2 N–H and O–H groups in total. The van der Waals surface area contributed by atoms with E-state index in [2.05, 4.69) is 128 Å². The van der Waals surface area contributed by atoms with Crippen molar-refractivity contribution in [2.24, 2.45) is 10.8 Å². The van der Waals surface area contributed by atoms with E-state index in [9.17, 15) is 0 Å². The average Bonchev–Trinajstić information content (AvgIpc) is 2.76. The van der Waals surface area contributed by atoms with Crippen LogP contribution in [0, 0.1) is 10.8 Å². The zero-order valence-electron chi connectivity index (χ0n) is 27.0. The van der Waals surface area contributed by atoms with Crippen LogP contribution in [-0.2, 0) is 12.8 Å². The zero-order chi connectivity index (χ0) is 29.3. The van der Waals surface area contributed by atoms with Crippen LogP contribution in [0.2, 0.25) is 0 Å². The Bertz CT molecular complexity index is 1080.